The van der Waals surface area contributed by atoms with Gasteiger partial charge in [-0.15, -0.1) is 6.58 Å². The van der Waals surface area contributed by atoms with Crippen LogP contribution in [0.25, 0.3) is 0 Å². The molecule has 18 heavy (non-hydrogen) atoms. The Bertz CT molecular complexity index is 407. The number of allylic oxidation sites excluding steroid dienone is 1. The van der Waals surface area contributed by atoms with Gasteiger partial charge in [-0.3, -0.25) is 4.79 Å². The molecule has 1 atom stereocenters. The highest BCUT2D eigenvalue weighted by atomic mass is 16.1. The number of unbranched alkanes of at least 4 members (excludes halogenated alkanes) is 1. The molecule has 2 rings (SSSR count). The van der Waals surface area contributed by atoms with Gasteiger partial charge in [-0.1, -0.05) is 36.4 Å². The molecule has 1 fully saturated rings. The van der Waals surface area contributed by atoms with E-state index in [4.69, 9.17) is 0 Å². The molecule has 1 aromatic carbocycles. The lowest BCUT2D eigenvalue weighted by atomic mass is 9.66. The summed E-state index contributed by atoms with van der Waals surface area (Å²) in [5, 5.41) is 0. The largest absolute Gasteiger partial charge is 0.300 e. The molecule has 96 valence electrons. The Morgan fingerprint density at radius 1 is 1.28 bits per heavy atom. The van der Waals surface area contributed by atoms with Gasteiger partial charge >= 0.3 is 0 Å². The van der Waals surface area contributed by atoms with Crippen LogP contribution in [0.15, 0.2) is 43.0 Å². The molecule has 1 aromatic rings. The number of hydrogen-bond acceptors (Lipinski definition) is 1. The van der Waals surface area contributed by atoms with E-state index < -0.39 is 0 Å². The first-order valence-corrected chi connectivity index (χ1v) is 6.95. The van der Waals surface area contributed by atoms with E-state index in [1.807, 2.05) is 12.1 Å². The van der Waals surface area contributed by atoms with Crippen LogP contribution in [0.2, 0.25) is 0 Å². The van der Waals surface area contributed by atoms with Crippen molar-refractivity contribution in [1.82, 2.24) is 0 Å². The molecule has 0 bridgehead atoms. The predicted molar refractivity (Wildman–Crippen MR) is 75.6 cm³/mol. The molecule has 0 spiro atoms. The van der Waals surface area contributed by atoms with E-state index in [9.17, 15) is 4.79 Å². The first kappa shape index (κ1) is 13.1. The van der Waals surface area contributed by atoms with E-state index in [1.54, 1.807) is 0 Å². The van der Waals surface area contributed by atoms with Gasteiger partial charge in [0.15, 0.2) is 0 Å². The zero-order chi connectivity index (χ0) is 12.8. The molecular formula is C17H22O. The summed E-state index contributed by atoms with van der Waals surface area (Å²) >= 11 is 0. The zero-order valence-corrected chi connectivity index (χ0v) is 11.0. The third-order valence-corrected chi connectivity index (χ3v) is 4.10. The highest BCUT2D eigenvalue weighted by molar-refractivity contribution is 5.81. The Hall–Kier alpha value is -1.37. The summed E-state index contributed by atoms with van der Waals surface area (Å²) in [7, 11) is 0. The minimum atomic E-state index is 0.0968. The molecule has 1 heteroatoms. The summed E-state index contributed by atoms with van der Waals surface area (Å²) in [5.74, 6) is 0.434. The summed E-state index contributed by atoms with van der Waals surface area (Å²) < 4.78 is 0. The predicted octanol–water partition coefficient (Wildman–Crippen LogP) is 4.42. The Morgan fingerprint density at radius 2 is 2.06 bits per heavy atom. The summed E-state index contributed by atoms with van der Waals surface area (Å²) in [4.78, 5) is 11.9. The standard InChI is InChI=1S/C17H22O/c1-2-3-7-12-17(13-8-11-16(18)14-17)15-9-5-4-6-10-15/h2,4-6,9-10H,1,3,7-8,11-14H2/t17-/m0/s1. The van der Waals surface area contributed by atoms with Crippen LogP contribution < -0.4 is 0 Å². The van der Waals surface area contributed by atoms with Crippen LogP contribution in [0.1, 0.15) is 50.5 Å². The minimum Gasteiger partial charge on any atom is -0.300 e. The molecular weight excluding hydrogens is 220 g/mol. The normalized spacial score (nSPS) is 23.9. The summed E-state index contributed by atoms with van der Waals surface area (Å²) in [6.45, 7) is 3.79. The van der Waals surface area contributed by atoms with Crippen molar-refractivity contribution in [3.63, 3.8) is 0 Å². The Kier molecular flexibility index (Phi) is 4.35. The first-order chi connectivity index (χ1) is 8.77. The minimum absolute atomic E-state index is 0.0968. The van der Waals surface area contributed by atoms with Gasteiger partial charge in [0.2, 0.25) is 0 Å². The second-order valence-electron chi connectivity index (χ2n) is 5.40. The van der Waals surface area contributed by atoms with E-state index >= 15 is 0 Å². The Balaban J connectivity index is 2.21. The van der Waals surface area contributed by atoms with Crippen molar-refractivity contribution >= 4 is 5.78 Å². The van der Waals surface area contributed by atoms with Gasteiger partial charge < -0.3 is 0 Å². The third kappa shape index (κ3) is 2.90. The molecule has 1 saturated carbocycles. The molecule has 0 aliphatic heterocycles. The van der Waals surface area contributed by atoms with E-state index in [1.165, 1.54) is 5.56 Å². The summed E-state index contributed by atoms with van der Waals surface area (Å²) in [6, 6.07) is 10.6. The average Bonchev–Trinajstić information content (AvgIpc) is 2.40. The van der Waals surface area contributed by atoms with Crippen molar-refractivity contribution in [3.8, 4) is 0 Å². The van der Waals surface area contributed by atoms with Crippen molar-refractivity contribution in [2.45, 2.75) is 50.4 Å². The van der Waals surface area contributed by atoms with Gasteiger partial charge in [0.1, 0.15) is 5.78 Å². The van der Waals surface area contributed by atoms with Crippen molar-refractivity contribution < 1.29 is 4.79 Å². The topological polar surface area (TPSA) is 17.1 Å². The van der Waals surface area contributed by atoms with E-state index in [-0.39, 0.29) is 5.41 Å². The molecule has 1 aliphatic carbocycles. The molecule has 0 heterocycles. The maximum absolute atomic E-state index is 11.9. The summed E-state index contributed by atoms with van der Waals surface area (Å²) in [5.41, 5.74) is 1.45. The molecule has 0 aromatic heterocycles. The van der Waals surface area contributed by atoms with E-state index in [0.717, 1.165) is 44.9 Å². The number of hydrogen-bond donors (Lipinski definition) is 0. The molecule has 1 aliphatic rings. The fourth-order valence-electron chi connectivity index (χ4n) is 3.16. The maximum atomic E-state index is 11.9. The number of carbonyl (C=O) groups is 1. The number of carbonyl (C=O) groups excluding carboxylic acids is 1. The third-order valence-electron chi connectivity index (χ3n) is 4.10. The Morgan fingerprint density at radius 3 is 2.72 bits per heavy atom. The van der Waals surface area contributed by atoms with E-state index in [2.05, 4.69) is 30.8 Å². The highest BCUT2D eigenvalue weighted by Crippen LogP contribution is 2.41. The molecule has 1 nitrogen and oxygen atoms in total. The first-order valence-electron chi connectivity index (χ1n) is 6.95. The van der Waals surface area contributed by atoms with Gasteiger partial charge in [0.25, 0.3) is 0 Å². The SMILES string of the molecule is C=CCCC[C@]1(c2ccccc2)CCCC(=O)C1. The van der Waals surface area contributed by atoms with Crippen molar-refractivity contribution in [3.05, 3.63) is 48.6 Å². The van der Waals surface area contributed by atoms with Crippen LogP contribution in [0.5, 0.6) is 0 Å². The van der Waals surface area contributed by atoms with Crippen LogP contribution >= 0.6 is 0 Å². The number of rotatable bonds is 5. The van der Waals surface area contributed by atoms with Crippen LogP contribution in [0.3, 0.4) is 0 Å². The fraction of sp³-hybridized carbons (Fsp3) is 0.471. The molecule has 0 radical (unpaired) electrons. The lowest BCUT2D eigenvalue weighted by Gasteiger charge is -2.37. The van der Waals surface area contributed by atoms with Crippen molar-refractivity contribution in [1.29, 1.82) is 0 Å². The molecule has 0 unspecified atom stereocenters. The van der Waals surface area contributed by atoms with Gasteiger partial charge in [-0.2, -0.15) is 0 Å². The average molecular weight is 242 g/mol. The lowest BCUT2D eigenvalue weighted by Crippen LogP contribution is -2.33. The number of benzene rings is 1. The molecule has 0 N–H and O–H groups in total. The highest BCUT2D eigenvalue weighted by Gasteiger charge is 2.36. The van der Waals surface area contributed by atoms with Crippen LogP contribution in [-0.2, 0) is 10.2 Å². The quantitative estimate of drug-likeness (QED) is 0.551. The molecule has 0 saturated heterocycles. The van der Waals surface area contributed by atoms with Gasteiger partial charge in [0.05, 0.1) is 0 Å². The van der Waals surface area contributed by atoms with Gasteiger partial charge in [-0.05, 0) is 37.7 Å². The monoisotopic (exact) mass is 242 g/mol. The van der Waals surface area contributed by atoms with Crippen LogP contribution in [0, 0.1) is 0 Å². The second kappa shape index (κ2) is 5.99. The number of ketones is 1. The van der Waals surface area contributed by atoms with Gasteiger partial charge in [-0.25, -0.2) is 0 Å². The van der Waals surface area contributed by atoms with Crippen molar-refractivity contribution in [2.75, 3.05) is 0 Å². The lowest BCUT2D eigenvalue weighted by molar-refractivity contribution is -0.122. The van der Waals surface area contributed by atoms with Crippen molar-refractivity contribution in [2.24, 2.45) is 0 Å². The molecule has 0 amide bonds. The second-order valence-corrected chi connectivity index (χ2v) is 5.40. The zero-order valence-electron chi connectivity index (χ0n) is 11.0. The maximum Gasteiger partial charge on any atom is 0.133 e. The van der Waals surface area contributed by atoms with Crippen LogP contribution in [0.4, 0.5) is 0 Å². The summed E-state index contributed by atoms with van der Waals surface area (Å²) in [6.07, 6.45) is 8.96. The fourth-order valence-corrected chi connectivity index (χ4v) is 3.16. The Labute approximate surface area is 110 Å². The smallest absolute Gasteiger partial charge is 0.133 e. The number of Topliss-reactive ketones (excluding diaryl/α,β-unsaturated/α-hetero) is 1. The van der Waals surface area contributed by atoms with Gasteiger partial charge in [0, 0.05) is 18.3 Å². The van der Waals surface area contributed by atoms with Crippen LogP contribution in [-0.4, -0.2) is 5.78 Å². The van der Waals surface area contributed by atoms with E-state index in [0.29, 0.717) is 5.78 Å².